The molecule has 31 heavy (non-hydrogen) atoms. The Kier molecular flexibility index (Phi) is 6.69. The Morgan fingerprint density at radius 2 is 1.81 bits per heavy atom. The Morgan fingerprint density at radius 1 is 1.06 bits per heavy atom. The number of aromatic nitrogens is 1. The smallest absolute Gasteiger partial charge is 0.224 e. The molecule has 2 N–H and O–H groups in total. The fraction of sp³-hybridized carbons (Fsp3) is 0.500. The highest BCUT2D eigenvalue weighted by molar-refractivity contribution is 5.83. The summed E-state index contributed by atoms with van der Waals surface area (Å²) in [6.45, 7) is 1.23. The maximum Gasteiger partial charge on any atom is 0.224 e. The number of hydrogen-bond acceptors (Lipinski definition) is 3. The van der Waals surface area contributed by atoms with E-state index in [0.717, 1.165) is 29.0 Å². The summed E-state index contributed by atoms with van der Waals surface area (Å²) < 4.78 is 0. The molecule has 2 fully saturated rings. The summed E-state index contributed by atoms with van der Waals surface area (Å²) in [6, 6.07) is 12.1. The van der Waals surface area contributed by atoms with Crippen LogP contribution in [0, 0.1) is 11.3 Å². The summed E-state index contributed by atoms with van der Waals surface area (Å²) in [5, 5.41) is 0. The maximum absolute atomic E-state index is 12.7. The molecule has 1 saturated carbocycles. The van der Waals surface area contributed by atoms with Gasteiger partial charge < -0.3 is 10.6 Å². The third-order valence-electron chi connectivity index (χ3n) is 7.36. The number of carbonyl (C=O) groups is 2. The molecule has 164 valence electrons. The van der Waals surface area contributed by atoms with E-state index in [1.54, 1.807) is 6.20 Å². The van der Waals surface area contributed by atoms with Crippen LogP contribution in [0.3, 0.4) is 0 Å². The first-order valence-electron chi connectivity index (χ1n) is 11.6. The normalized spacial score (nSPS) is 18.8. The van der Waals surface area contributed by atoms with Gasteiger partial charge in [0.2, 0.25) is 11.8 Å². The minimum atomic E-state index is -0.611. The van der Waals surface area contributed by atoms with Gasteiger partial charge in [0, 0.05) is 37.5 Å². The zero-order valence-corrected chi connectivity index (χ0v) is 18.3. The zero-order chi connectivity index (χ0) is 21.7. The van der Waals surface area contributed by atoms with Gasteiger partial charge in [-0.1, -0.05) is 56.0 Å². The van der Waals surface area contributed by atoms with Gasteiger partial charge in [-0.05, 0) is 48.8 Å². The molecule has 1 aromatic heterocycles. The largest absolute Gasteiger partial charge is 0.369 e. The molecule has 5 heteroatoms. The minimum absolute atomic E-state index is 0.237. The molecule has 0 unspecified atom stereocenters. The van der Waals surface area contributed by atoms with Gasteiger partial charge in [0.15, 0.2) is 0 Å². The number of nitrogens with two attached hydrogens (primary N) is 1. The van der Waals surface area contributed by atoms with E-state index < -0.39 is 5.41 Å². The fourth-order valence-corrected chi connectivity index (χ4v) is 5.32. The van der Waals surface area contributed by atoms with E-state index in [1.165, 1.54) is 25.7 Å². The molecule has 0 radical (unpaired) electrons. The van der Waals surface area contributed by atoms with Gasteiger partial charge in [-0.25, -0.2) is 0 Å². The minimum Gasteiger partial charge on any atom is -0.369 e. The Bertz CT molecular complexity index is 898. The second-order valence-electron chi connectivity index (χ2n) is 9.29. The van der Waals surface area contributed by atoms with Crippen molar-refractivity contribution in [1.29, 1.82) is 0 Å². The van der Waals surface area contributed by atoms with Crippen molar-refractivity contribution in [3.8, 4) is 11.1 Å². The molecule has 1 saturated heterocycles. The fourth-order valence-electron chi connectivity index (χ4n) is 5.32. The van der Waals surface area contributed by atoms with Crippen molar-refractivity contribution in [3.05, 3.63) is 54.4 Å². The van der Waals surface area contributed by atoms with Gasteiger partial charge in [0.05, 0.1) is 5.41 Å². The summed E-state index contributed by atoms with van der Waals surface area (Å²) in [5.41, 5.74) is 8.57. The Morgan fingerprint density at radius 3 is 2.48 bits per heavy atom. The Balaban J connectivity index is 1.43. The Hall–Kier alpha value is -2.69. The summed E-state index contributed by atoms with van der Waals surface area (Å²) >= 11 is 0. The van der Waals surface area contributed by atoms with Crippen molar-refractivity contribution >= 4 is 11.8 Å². The molecule has 1 aliphatic heterocycles. The lowest BCUT2D eigenvalue weighted by Gasteiger charge is -2.40. The van der Waals surface area contributed by atoms with Gasteiger partial charge in [-0.3, -0.25) is 14.6 Å². The SMILES string of the molecule is NC(=O)C1(Cc2ccccc2-c2cccnc2)CCN(C(=O)CCC2CCCC2)CC1. The molecule has 2 aromatic rings. The van der Waals surface area contributed by atoms with E-state index in [1.807, 2.05) is 35.4 Å². The molecule has 0 atom stereocenters. The molecule has 5 nitrogen and oxygen atoms in total. The predicted octanol–water partition coefficient (Wildman–Crippen LogP) is 4.36. The number of nitrogens with zero attached hydrogens (tertiary/aromatic N) is 2. The van der Waals surface area contributed by atoms with Gasteiger partial charge in [0.1, 0.15) is 0 Å². The standard InChI is InChI=1S/C26H33N3O2/c27-25(31)26(18-21-8-3-4-10-23(21)22-9-5-15-28-19-22)13-16-29(17-14-26)24(30)12-11-20-6-1-2-7-20/h3-5,8-10,15,19-20H,1-2,6-7,11-14,16-18H2,(H2,27,31). The Labute approximate surface area is 185 Å². The van der Waals surface area contributed by atoms with Crippen LogP contribution in [0.5, 0.6) is 0 Å². The lowest BCUT2D eigenvalue weighted by atomic mass is 9.72. The molecule has 0 spiro atoms. The number of primary amides is 1. The van der Waals surface area contributed by atoms with Crippen molar-refractivity contribution in [3.63, 3.8) is 0 Å². The number of piperidine rings is 1. The van der Waals surface area contributed by atoms with Crippen LogP contribution < -0.4 is 5.73 Å². The average molecular weight is 420 g/mol. The van der Waals surface area contributed by atoms with Crippen LogP contribution in [-0.4, -0.2) is 34.8 Å². The van der Waals surface area contributed by atoms with E-state index >= 15 is 0 Å². The highest BCUT2D eigenvalue weighted by Gasteiger charge is 2.41. The number of rotatable bonds is 7. The van der Waals surface area contributed by atoms with Crippen LogP contribution in [0.15, 0.2) is 48.8 Å². The van der Waals surface area contributed by atoms with E-state index in [-0.39, 0.29) is 11.8 Å². The second kappa shape index (κ2) is 9.63. The maximum atomic E-state index is 12.7. The topological polar surface area (TPSA) is 76.3 Å². The van der Waals surface area contributed by atoms with Crippen LogP contribution >= 0.6 is 0 Å². The lowest BCUT2D eigenvalue weighted by molar-refractivity contribution is -0.139. The number of carbonyl (C=O) groups excluding carboxylic acids is 2. The van der Waals surface area contributed by atoms with Gasteiger partial charge >= 0.3 is 0 Å². The van der Waals surface area contributed by atoms with Crippen LogP contribution in [0.2, 0.25) is 0 Å². The highest BCUT2D eigenvalue weighted by atomic mass is 16.2. The monoisotopic (exact) mass is 419 g/mol. The van der Waals surface area contributed by atoms with E-state index in [0.29, 0.717) is 38.8 Å². The van der Waals surface area contributed by atoms with Gasteiger partial charge in [-0.2, -0.15) is 0 Å². The van der Waals surface area contributed by atoms with Crippen LogP contribution in [-0.2, 0) is 16.0 Å². The summed E-state index contributed by atoms with van der Waals surface area (Å²) in [6.07, 6.45) is 12.3. The predicted molar refractivity (Wildman–Crippen MR) is 122 cm³/mol. The van der Waals surface area contributed by atoms with Crippen molar-refractivity contribution in [1.82, 2.24) is 9.88 Å². The van der Waals surface area contributed by atoms with Crippen molar-refractivity contribution in [2.75, 3.05) is 13.1 Å². The van der Waals surface area contributed by atoms with E-state index in [4.69, 9.17) is 5.73 Å². The van der Waals surface area contributed by atoms with Crippen LogP contribution in [0.25, 0.3) is 11.1 Å². The number of amides is 2. The van der Waals surface area contributed by atoms with Gasteiger partial charge in [-0.15, -0.1) is 0 Å². The lowest BCUT2D eigenvalue weighted by Crippen LogP contribution is -2.50. The molecule has 2 amide bonds. The third-order valence-corrected chi connectivity index (χ3v) is 7.36. The van der Waals surface area contributed by atoms with Crippen molar-refractivity contribution in [2.45, 2.75) is 57.8 Å². The zero-order valence-electron chi connectivity index (χ0n) is 18.3. The van der Waals surface area contributed by atoms with E-state index in [2.05, 4.69) is 17.1 Å². The molecular formula is C26H33N3O2. The average Bonchev–Trinajstić information content (AvgIpc) is 3.32. The first kappa shape index (κ1) is 21.5. The summed E-state index contributed by atoms with van der Waals surface area (Å²) in [5.74, 6) is 0.703. The summed E-state index contributed by atoms with van der Waals surface area (Å²) in [4.78, 5) is 31.5. The molecule has 1 aliphatic carbocycles. The summed E-state index contributed by atoms with van der Waals surface area (Å²) in [7, 11) is 0. The number of pyridine rings is 1. The van der Waals surface area contributed by atoms with Crippen molar-refractivity contribution < 1.29 is 9.59 Å². The van der Waals surface area contributed by atoms with Crippen molar-refractivity contribution in [2.24, 2.45) is 17.1 Å². The number of likely N-dealkylation sites (tertiary alicyclic amines) is 1. The first-order chi connectivity index (χ1) is 15.1. The number of hydrogen-bond donors (Lipinski definition) is 1. The van der Waals surface area contributed by atoms with E-state index in [9.17, 15) is 9.59 Å². The van der Waals surface area contributed by atoms with Crippen LogP contribution in [0.1, 0.15) is 56.9 Å². The molecule has 2 aliphatic rings. The molecule has 1 aromatic carbocycles. The quantitative estimate of drug-likeness (QED) is 0.725. The molecule has 0 bridgehead atoms. The third kappa shape index (κ3) is 4.97. The molecule has 4 rings (SSSR count). The molecule has 2 heterocycles. The van der Waals surface area contributed by atoms with Gasteiger partial charge in [0.25, 0.3) is 0 Å². The van der Waals surface area contributed by atoms with Crippen LogP contribution in [0.4, 0.5) is 0 Å². The second-order valence-corrected chi connectivity index (χ2v) is 9.29. The molecular weight excluding hydrogens is 386 g/mol. The number of benzene rings is 1. The highest BCUT2D eigenvalue weighted by Crippen LogP contribution is 2.38. The first-order valence-corrected chi connectivity index (χ1v) is 11.6.